The van der Waals surface area contributed by atoms with Crippen molar-refractivity contribution >= 4 is 16.7 Å². The molecule has 194 valence electrons. The Bertz CT molecular complexity index is 1530. The molecule has 5 aromatic rings. The average Bonchev–Trinajstić information content (AvgIpc) is 3.58. The summed E-state index contributed by atoms with van der Waals surface area (Å²) in [5, 5.41) is 19.7. The van der Waals surface area contributed by atoms with E-state index in [0.717, 1.165) is 59.6 Å². The number of rotatable bonds is 7. The lowest BCUT2D eigenvalue weighted by molar-refractivity contribution is 0.273. The Morgan fingerprint density at radius 1 is 0.895 bits per heavy atom. The Hall–Kier alpha value is -4.08. The van der Waals surface area contributed by atoms with Gasteiger partial charge in [0, 0.05) is 66.9 Å². The van der Waals surface area contributed by atoms with Crippen molar-refractivity contribution in [2.24, 2.45) is 0 Å². The number of benzene rings is 2. The van der Waals surface area contributed by atoms with Crippen molar-refractivity contribution in [2.45, 2.75) is 13.0 Å². The molecular formula is C29H30FN7O. The van der Waals surface area contributed by atoms with Crippen LogP contribution < -0.4 is 4.90 Å². The van der Waals surface area contributed by atoms with Crippen molar-refractivity contribution < 1.29 is 9.50 Å². The summed E-state index contributed by atoms with van der Waals surface area (Å²) in [4.78, 5) is 14.4. The highest BCUT2D eigenvalue weighted by atomic mass is 19.1. The number of aryl methyl sites for hydroxylation is 1. The smallest absolute Gasteiger partial charge is 0.138 e. The number of aliphatic hydroxyl groups excluding tert-OH is 1. The number of aromatic nitrogens is 5. The summed E-state index contributed by atoms with van der Waals surface area (Å²) in [6.07, 6.45) is 2.30. The monoisotopic (exact) mass is 511 g/mol. The minimum atomic E-state index is -0.303. The van der Waals surface area contributed by atoms with Crippen molar-refractivity contribution in [3.8, 4) is 33.8 Å². The molecule has 9 heteroatoms. The maximum Gasteiger partial charge on any atom is 0.138 e. The number of H-pyrrole nitrogens is 1. The van der Waals surface area contributed by atoms with Crippen LogP contribution in [0.25, 0.3) is 44.8 Å². The lowest BCUT2D eigenvalue weighted by Crippen LogP contribution is -2.44. The van der Waals surface area contributed by atoms with Crippen LogP contribution in [0, 0.1) is 5.82 Å². The van der Waals surface area contributed by atoms with Crippen LogP contribution in [0.3, 0.4) is 0 Å². The van der Waals surface area contributed by atoms with Gasteiger partial charge in [-0.05, 0) is 67.6 Å². The van der Waals surface area contributed by atoms with Crippen LogP contribution in [-0.4, -0.2) is 74.8 Å². The van der Waals surface area contributed by atoms with E-state index in [1.54, 1.807) is 23.1 Å². The molecule has 6 rings (SSSR count). The SMILES string of the molecule is CN1CCN(c2ccc(-c3cc4c(-c5nn(CCCO)nc5-c5ccc(F)cc5)ccnc4[nH]3)cc2)CC1. The van der Waals surface area contributed by atoms with E-state index in [2.05, 4.69) is 62.2 Å². The number of hydrogen-bond donors (Lipinski definition) is 2. The molecule has 8 nitrogen and oxygen atoms in total. The lowest BCUT2D eigenvalue weighted by Gasteiger charge is -2.34. The number of nitrogens with zero attached hydrogens (tertiary/aromatic N) is 6. The van der Waals surface area contributed by atoms with Crippen LogP contribution >= 0.6 is 0 Å². The number of nitrogens with one attached hydrogen (secondary N) is 1. The highest BCUT2D eigenvalue weighted by molar-refractivity contribution is 5.98. The molecule has 0 unspecified atom stereocenters. The van der Waals surface area contributed by atoms with E-state index in [-0.39, 0.29) is 12.4 Å². The number of likely N-dealkylation sites (N-methyl/N-ethyl adjacent to an activating group) is 1. The molecule has 1 aliphatic heterocycles. The molecule has 2 N–H and O–H groups in total. The summed E-state index contributed by atoms with van der Waals surface area (Å²) in [6, 6.07) is 19.0. The second-order valence-electron chi connectivity index (χ2n) is 9.72. The summed E-state index contributed by atoms with van der Waals surface area (Å²) in [6.45, 7) is 4.75. The van der Waals surface area contributed by atoms with Gasteiger partial charge in [0.25, 0.3) is 0 Å². The van der Waals surface area contributed by atoms with Crippen LogP contribution in [0.5, 0.6) is 0 Å². The highest BCUT2D eigenvalue weighted by Crippen LogP contribution is 2.35. The highest BCUT2D eigenvalue weighted by Gasteiger charge is 2.20. The number of halogens is 1. The summed E-state index contributed by atoms with van der Waals surface area (Å²) < 4.78 is 13.6. The van der Waals surface area contributed by atoms with Gasteiger partial charge in [0.05, 0.1) is 6.54 Å². The molecule has 0 radical (unpaired) electrons. The largest absolute Gasteiger partial charge is 0.396 e. The van der Waals surface area contributed by atoms with Gasteiger partial charge in [-0.2, -0.15) is 15.0 Å². The first-order chi connectivity index (χ1) is 18.6. The Labute approximate surface area is 220 Å². The van der Waals surface area contributed by atoms with Crippen molar-refractivity contribution in [1.82, 2.24) is 29.9 Å². The molecule has 1 fully saturated rings. The fraction of sp³-hybridized carbons (Fsp3) is 0.276. The van der Waals surface area contributed by atoms with Gasteiger partial charge in [-0.15, -0.1) is 0 Å². The van der Waals surface area contributed by atoms with E-state index in [9.17, 15) is 9.50 Å². The van der Waals surface area contributed by atoms with Crippen LogP contribution in [0.15, 0.2) is 66.9 Å². The molecule has 0 saturated carbocycles. The number of anilines is 1. The first-order valence-corrected chi connectivity index (χ1v) is 12.9. The summed E-state index contributed by atoms with van der Waals surface area (Å²) in [7, 11) is 2.16. The quantitative estimate of drug-likeness (QED) is 0.336. The molecule has 1 saturated heterocycles. The number of fused-ring (bicyclic) bond motifs is 1. The Morgan fingerprint density at radius 3 is 2.34 bits per heavy atom. The van der Waals surface area contributed by atoms with E-state index < -0.39 is 0 Å². The lowest BCUT2D eigenvalue weighted by atomic mass is 10.0. The molecule has 38 heavy (non-hydrogen) atoms. The number of hydrogen-bond acceptors (Lipinski definition) is 6. The Balaban J connectivity index is 1.37. The van der Waals surface area contributed by atoms with E-state index >= 15 is 0 Å². The van der Waals surface area contributed by atoms with Crippen LogP contribution in [0.4, 0.5) is 10.1 Å². The van der Waals surface area contributed by atoms with Gasteiger partial charge < -0.3 is 19.9 Å². The Morgan fingerprint density at radius 2 is 1.61 bits per heavy atom. The molecule has 0 bridgehead atoms. The third-order valence-electron chi connectivity index (χ3n) is 7.12. The standard InChI is InChI=1S/C29H30FN7O/c1-35-14-16-36(17-15-35)23-9-5-20(6-10-23)26-19-25-24(11-12-31-29(25)32-26)28-27(21-3-7-22(30)8-4-21)33-37(34-28)13-2-18-38/h3-12,19,38H,2,13-18H2,1H3,(H,31,32). The first kappa shape index (κ1) is 24.3. The predicted octanol–water partition coefficient (Wildman–Crippen LogP) is 4.43. The molecule has 0 atom stereocenters. The molecule has 0 amide bonds. The molecule has 0 aliphatic carbocycles. The maximum atomic E-state index is 13.6. The zero-order chi connectivity index (χ0) is 26.1. The molecule has 2 aromatic carbocycles. The fourth-order valence-electron chi connectivity index (χ4n) is 4.95. The maximum absolute atomic E-state index is 13.6. The van der Waals surface area contributed by atoms with Gasteiger partial charge >= 0.3 is 0 Å². The average molecular weight is 512 g/mol. The third kappa shape index (κ3) is 4.78. The van der Waals surface area contributed by atoms with Crippen LogP contribution in [0.2, 0.25) is 0 Å². The summed E-state index contributed by atoms with van der Waals surface area (Å²) in [5.41, 5.74) is 7.07. The van der Waals surface area contributed by atoms with Gasteiger partial charge in [-0.3, -0.25) is 0 Å². The van der Waals surface area contributed by atoms with Gasteiger partial charge in [-0.1, -0.05) is 12.1 Å². The zero-order valence-corrected chi connectivity index (χ0v) is 21.3. The van der Waals surface area contributed by atoms with E-state index in [4.69, 9.17) is 5.10 Å². The summed E-state index contributed by atoms with van der Waals surface area (Å²) in [5.74, 6) is -0.303. The predicted molar refractivity (Wildman–Crippen MR) is 147 cm³/mol. The first-order valence-electron chi connectivity index (χ1n) is 12.9. The van der Waals surface area contributed by atoms with Crippen molar-refractivity contribution in [3.63, 3.8) is 0 Å². The number of aromatic amines is 1. The Kier molecular flexibility index (Phi) is 6.61. The minimum Gasteiger partial charge on any atom is -0.396 e. The van der Waals surface area contributed by atoms with Gasteiger partial charge in [0.15, 0.2) is 0 Å². The third-order valence-corrected chi connectivity index (χ3v) is 7.12. The zero-order valence-electron chi connectivity index (χ0n) is 21.3. The van der Waals surface area contributed by atoms with Crippen molar-refractivity contribution in [2.75, 3.05) is 44.7 Å². The molecule has 4 heterocycles. The van der Waals surface area contributed by atoms with Crippen LogP contribution in [0.1, 0.15) is 6.42 Å². The van der Waals surface area contributed by atoms with E-state index in [0.29, 0.717) is 24.4 Å². The van der Waals surface area contributed by atoms with Gasteiger partial charge in [0.1, 0.15) is 22.9 Å². The second kappa shape index (κ2) is 10.4. The molecule has 3 aromatic heterocycles. The summed E-state index contributed by atoms with van der Waals surface area (Å²) >= 11 is 0. The van der Waals surface area contributed by atoms with E-state index in [1.165, 1.54) is 17.8 Å². The van der Waals surface area contributed by atoms with Crippen molar-refractivity contribution in [3.05, 3.63) is 72.7 Å². The number of piperazine rings is 1. The van der Waals surface area contributed by atoms with E-state index in [1.807, 2.05) is 6.07 Å². The van der Waals surface area contributed by atoms with Crippen molar-refractivity contribution in [1.29, 1.82) is 0 Å². The minimum absolute atomic E-state index is 0.0526. The molecule has 0 spiro atoms. The number of pyridine rings is 1. The van der Waals surface area contributed by atoms with Gasteiger partial charge in [0.2, 0.25) is 0 Å². The normalized spacial score (nSPS) is 14.4. The fourth-order valence-corrected chi connectivity index (χ4v) is 4.95. The molecule has 1 aliphatic rings. The van der Waals surface area contributed by atoms with Gasteiger partial charge in [-0.25, -0.2) is 9.37 Å². The topological polar surface area (TPSA) is 86.1 Å². The van der Waals surface area contributed by atoms with Crippen LogP contribution in [-0.2, 0) is 6.54 Å². The molecular weight excluding hydrogens is 481 g/mol. The second-order valence-corrected chi connectivity index (χ2v) is 9.72. The number of aliphatic hydroxyl groups is 1.